The smallest absolute Gasteiger partial charge is 0.178 e. The molecule has 0 atom stereocenters. The maximum atomic E-state index is 2.12. The van der Waals surface area contributed by atoms with Crippen LogP contribution in [0.3, 0.4) is 0 Å². The van der Waals surface area contributed by atoms with Gasteiger partial charge in [0.15, 0.2) is 0 Å². The quantitative estimate of drug-likeness (QED) is 0.292. The summed E-state index contributed by atoms with van der Waals surface area (Å²) in [5.41, 5.74) is 0. The first kappa shape index (κ1) is 37.9. The van der Waals surface area contributed by atoms with Crippen molar-refractivity contribution in [3.63, 3.8) is 0 Å². The second-order valence-electron chi connectivity index (χ2n) is 2.74. The van der Waals surface area contributed by atoms with E-state index in [4.69, 9.17) is 0 Å². The van der Waals surface area contributed by atoms with Crippen LogP contribution < -0.4 is 9.80 Å². The van der Waals surface area contributed by atoms with E-state index in [-0.39, 0.29) is 36.5 Å². The number of hydrogen-bond acceptors (Lipinski definition) is 2. The van der Waals surface area contributed by atoms with Crippen LogP contribution in [-0.2, 0) is 0 Å². The van der Waals surface area contributed by atoms with Crippen LogP contribution >= 0.6 is 0 Å². The fraction of sp³-hybridized carbons (Fsp3) is 1.00. The highest BCUT2D eigenvalue weighted by atomic mass is 15.0. The molecule has 0 N–H and O–H groups in total. The molecular weight excluding hydrogens is 155 g/mol. The summed E-state index contributed by atoms with van der Waals surface area (Å²) in [6.07, 6.45) is 0. The second-order valence-corrected chi connectivity index (χ2v) is 2.74. The van der Waals surface area contributed by atoms with Crippen LogP contribution in [0.4, 0.5) is 0 Å². The SMILES string of the molecule is CC[N+](C)C.C[N+](C)C.[BH4-].[BH4-].[BH4-].[BH4-].[H+].[H+]. The van der Waals surface area contributed by atoms with Gasteiger partial charge in [0, 0.05) is 0 Å². The van der Waals surface area contributed by atoms with Gasteiger partial charge in [-0.1, -0.05) is 33.7 Å². The minimum atomic E-state index is 0. The van der Waals surface area contributed by atoms with Gasteiger partial charge in [-0.3, -0.25) is 0 Å². The fourth-order valence-corrected chi connectivity index (χ4v) is 0. The Labute approximate surface area is 95.7 Å². The van der Waals surface area contributed by atoms with E-state index >= 15 is 0 Å². The van der Waals surface area contributed by atoms with Crippen molar-refractivity contribution < 1.29 is 2.85 Å². The van der Waals surface area contributed by atoms with Crippen molar-refractivity contribution in [2.45, 2.75) is 6.92 Å². The Morgan fingerprint density at radius 2 is 0.846 bits per heavy atom. The first-order valence-electron chi connectivity index (χ1n) is 3.26. The molecule has 0 spiro atoms. The number of hydrogen-bond donors (Lipinski definition) is 0. The molecule has 0 bridgehead atoms. The van der Waals surface area contributed by atoms with Gasteiger partial charge in [-0.25, -0.2) is 0 Å². The zero-order valence-corrected chi connectivity index (χ0v) is 7.60. The van der Waals surface area contributed by atoms with Gasteiger partial charge in [0.25, 0.3) is 0 Å². The highest BCUT2D eigenvalue weighted by Gasteiger charge is 1.84. The molecule has 2 nitrogen and oxygen atoms in total. The van der Waals surface area contributed by atoms with Crippen LogP contribution in [0.5, 0.6) is 0 Å². The lowest BCUT2D eigenvalue weighted by molar-refractivity contribution is 0.596. The maximum absolute atomic E-state index is 2.12. The minimum Gasteiger partial charge on any atom is -0.178 e. The van der Waals surface area contributed by atoms with Crippen LogP contribution in [0.25, 0.3) is 0 Å². The van der Waals surface area contributed by atoms with Crippen LogP contribution in [0.1, 0.15) is 9.78 Å². The van der Waals surface area contributed by atoms with Gasteiger partial charge in [-0.05, 0) is 6.92 Å². The molecule has 0 heterocycles. The summed E-state index contributed by atoms with van der Waals surface area (Å²) in [5, 5.41) is 0. The van der Waals surface area contributed by atoms with Gasteiger partial charge >= 0.3 is 2.85 Å². The highest BCUT2D eigenvalue weighted by Crippen LogP contribution is 1.58. The molecule has 0 aromatic carbocycles. The summed E-state index contributed by atoms with van der Waals surface area (Å²) in [5.74, 6) is 0. The predicted molar refractivity (Wildman–Crippen MR) is 92.0 cm³/mol. The molecule has 0 aromatic heterocycles. The van der Waals surface area contributed by atoms with Gasteiger partial charge < -0.3 is 0 Å². The molecule has 6 heteroatoms. The lowest BCUT2D eigenvalue weighted by Gasteiger charge is -1.87. The summed E-state index contributed by atoms with van der Waals surface area (Å²) in [6.45, 7) is 3.26. The van der Waals surface area contributed by atoms with Crippen LogP contribution in [-0.4, -0.2) is 75.4 Å². The first-order chi connectivity index (χ1) is 4.00. The lowest BCUT2D eigenvalue weighted by atomic mass is 10.7. The minimum absolute atomic E-state index is 0. The molecule has 88 valence electrons. The molecule has 0 amide bonds. The molecule has 0 aliphatic carbocycles. The molecule has 2 radical (unpaired) electrons. The van der Waals surface area contributed by atoms with E-state index in [2.05, 4.69) is 25.9 Å². The van der Waals surface area contributed by atoms with E-state index in [1.165, 1.54) is 0 Å². The zero-order chi connectivity index (χ0) is 7.86. The lowest BCUT2D eigenvalue weighted by Crippen LogP contribution is -2.16. The van der Waals surface area contributed by atoms with Crippen molar-refractivity contribution in [3.8, 4) is 0 Å². The molecule has 0 saturated heterocycles. The number of rotatable bonds is 1. The highest BCUT2D eigenvalue weighted by molar-refractivity contribution is 5.76. The molecule has 0 aromatic rings. The predicted octanol–water partition coefficient (Wildman–Crippen LogP) is -5.16. The Bertz CT molecular complexity index is 59.5. The largest absolute Gasteiger partial charge is 1.00 e. The third-order valence-electron chi connectivity index (χ3n) is 0.632. The Morgan fingerprint density at radius 3 is 0.846 bits per heavy atom. The topological polar surface area (TPSA) is 11.8 Å². The summed E-state index contributed by atoms with van der Waals surface area (Å²) >= 11 is 0. The summed E-state index contributed by atoms with van der Waals surface area (Å²) < 4.78 is 0. The van der Waals surface area contributed by atoms with E-state index in [1.807, 2.05) is 26.0 Å². The van der Waals surface area contributed by atoms with Crippen molar-refractivity contribution in [2.75, 3.05) is 41.8 Å². The fourth-order valence-electron chi connectivity index (χ4n) is 0. The second kappa shape index (κ2) is 29.5. The third-order valence-corrected chi connectivity index (χ3v) is 0.632. The van der Waals surface area contributed by atoms with Crippen molar-refractivity contribution in [1.29, 1.82) is 0 Å². The van der Waals surface area contributed by atoms with Crippen molar-refractivity contribution in [1.82, 2.24) is 9.80 Å². The standard InChI is InChI=1S/C4H11N.C3H9N.4BH4/c1-4-5(2)3;1-4(2)3;;;;/h4H2,1-3H3;1-3H3;4*1H4/q2*+1;4*-1/p+2. The maximum Gasteiger partial charge on any atom is 1.00 e. The molecular formula is C7H38B4N2. The van der Waals surface area contributed by atoms with E-state index in [0.29, 0.717) is 0 Å². The van der Waals surface area contributed by atoms with Crippen LogP contribution in [0, 0.1) is 0 Å². The molecule has 0 saturated carbocycles. The molecule has 0 aliphatic rings. The van der Waals surface area contributed by atoms with Gasteiger partial charge in [0.1, 0.15) is 41.8 Å². The van der Waals surface area contributed by atoms with E-state index < -0.39 is 0 Å². The molecule has 0 aliphatic heterocycles. The van der Waals surface area contributed by atoms with Gasteiger partial charge in [0.2, 0.25) is 0 Å². The molecule has 0 rings (SSSR count). The average molecular weight is 194 g/mol. The third kappa shape index (κ3) is 266. The van der Waals surface area contributed by atoms with Gasteiger partial charge in [0.05, 0.1) is 0 Å². The van der Waals surface area contributed by atoms with Crippen LogP contribution in [0.2, 0.25) is 0 Å². The monoisotopic (exact) mass is 194 g/mol. The molecule has 13 heavy (non-hydrogen) atoms. The van der Waals surface area contributed by atoms with Crippen molar-refractivity contribution in [2.24, 2.45) is 0 Å². The number of nitrogens with zero attached hydrogens (tertiary/aromatic N) is 2. The van der Waals surface area contributed by atoms with Gasteiger partial charge in [-0.15, -0.1) is 0 Å². The van der Waals surface area contributed by atoms with Crippen LogP contribution in [0.15, 0.2) is 0 Å². The Kier molecular flexibility index (Phi) is 86.2. The average Bonchev–Trinajstić information content (AvgIpc) is 1.65. The van der Waals surface area contributed by atoms with Crippen molar-refractivity contribution >= 4 is 33.7 Å². The van der Waals surface area contributed by atoms with Gasteiger partial charge in [-0.2, -0.15) is 9.80 Å². The normalized spacial score (nSPS) is 6.46. The molecule has 0 fully saturated rings. The Morgan fingerprint density at radius 1 is 0.769 bits per heavy atom. The van der Waals surface area contributed by atoms with E-state index in [1.54, 1.807) is 0 Å². The van der Waals surface area contributed by atoms with E-state index in [9.17, 15) is 0 Å². The summed E-state index contributed by atoms with van der Waals surface area (Å²) in [4.78, 5) is 4.12. The Balaban J connectivity index is -0.00000000785. The van der Waals surface area contributed by atoms with Crippen molar-refractivity contribution in [3.05, 3.63) is 0 Å². The Hall–Kier alpha value is 0.180. The van der Waals surface area contributed by atoms with E-state index in [0.717, 1.165) is 6.54 Å². The summed E-state index contributed by atoms with van der Waals surface area (Å²) in [7, 11) is 10.1. The first-order valence-corrected chi connectivity index (χ1v) is 3.26. The summed E-state index contributed by atoms with van der Waals surface area (Å²) in [6, 6.07) is 0. The zero-order valence-electron chi connectivity index (χ0n) is 9.60. The molecule has 0 unspecified atom stereocenters.